The minimum absolute atomic E-state index is 0.00337. The number of phenolic OH excluding ortho intramolecular Hbond substituents is 1. The van der Waals surface area contributed by atoms with E-state index in [0.29, 0.717) is 35.7 Å². The molecule has 2 N–H and O–H groups in total. The summed E-state index contributed by atoms with van der Waals surface area (Å²) in [5.41, 5.74) is 3.46. The monoisotopic (exact) mass is 511 g/mol. The Balaban J connectivity index is 1.46. The van der Waals surface area contributed by atoms with Crippen molar-refractivity contribution in [1.29, 1.82) is 0 Å². The number of hydrogen-bond donors (Lipinski definition) is 2. The number of carbonyl (C=O) groups excluding carboxylic acids is 2. The lowest BCUT2D eigenvalue weighted by atomic mass is 9.94. The molecule has 3 aromatic carbocycles. The quantitative estimate of drug-likeness (QED) is 0.304. The minimum atomic E-state index is -0.863. The number of rotatable bonds is 4. The van der Waals surface area contributed by atoms with Crippen LogP contribution >= 0.6 is 0 Å². The van der Waals surface area contributed by atoms with E-state index >= 15 is 0 Å². The number of nitrogens with zero attached hydrogens (tertiary/aromatic N) is 3. The Morgan fingerprint density at radius 3 is 2.29 bits per heavy atom. The SMILES string of the molecule is CN1CCOc2ccc(/C(O)=C3/C(=O)C(=O)N(c4ccc(N5CCCC5)cc4)C3c3ccc(O)cc3)cc21. The molecule has 38 heavy (non-hydrogen) atoms. The number of likely N-dealkylation sites (N-methyl/N-ethyl adjacent to an activating group) is 1. The van der Waals surface area contributed by atoms with Crippen LogP contribution in [0.3, 0.4) is 0 Å². The summed E-state index contributed by atoms with van der Waals surface area (Å²) in [5.74, 6) is -0.954. The molecule has 0 spiro atoms. The predicted octanol–water partition coefficient (Wildman–Crippen LogP) is 4.45. The average Bonchev–Trinajstić information content (AvgIpc) is 3.56. The third-order valence-corrected chi connectivity index (χ3v) is 7.58. The van der Waals surface area contributed by atoms with Gasteiger partial charge in [0.1, 0.15) is 23.9 Å². The van der Waals surface area contributed by atoms with Gasteiger partial charge in [-0.05, 0) is 73.0 Å². The van der Waals surface area contributed by atoms with Crippen molar-refractivity contribution in [1.82, 2.24) is 0 Å². The maximum absolute atomic E-state index is 13.5. The molecule has 0 aromatic heterocycles. The molecule has 0 radical (unpaired) electrons. The van der Waals surface area contributed by atoms with Gasteiger partial charge in [-0.1, -0.05) is 12.1 Å². The number of aliphatic hydroxyl groups excluding tert-OH is 1. The van der Waals surface area contributed by atoms with Crippen molar-refractivity contribution in [2.75, 3.05) is 48.0 Å². The second-order valence-electron chi connectivity index (χ2n) is 9.92. The summed E-state index contributed by atoms with van der Waals surface area (Å²) in [6, 6.07) is 18.3. The molecule has 1 amide bonds. The number of ether oxygens (including phenoxy) is 1. The van der Waals surface area contributed by atoms with Crippen LogP contribution in [0.25, 0.3) is 5.76 Å². The lowest BCUT2D eigenvalue weighted by Gasteiger charge is -2.28. The second-order valence-corrected chi connectivity index (χ2v) is 9.92. The van der Waals surface area contributed by atoms with Gasteiger partial charge in [-0.2, -0.15) is 0 Å². The van der Waals surface area contributed by atoms with Gasteiger partial charge in [0, 0.05) is 37.1 Å². The summed E-state index contributed by atoms with van der Waals surface area (Å²) in [6.45, 7) is 3.26. The molecule has 1 unspecified atom stereocenters. The molecule has 3 aliphatic heterocycles. The molecule has 8 nitrogen and oxygen atoms in total. The van der Waals surface area contributed by atoms with E-state index < -0.39 is 17.7 Å². The smallest absolute Gasteiger partial charge is 0.300 e. The summed E-state index contributed by atoms with van der Waals surface area (Å²) in [7, 11) is 1.94. The Morgan fingerprint density at radius 2 is 1.58 bits per heavy atom. The molecule has 3 heterocycles. The van der Waals surface area contributed by atoms with Crippen LogP contribution in [0.15, 0.2) is 72.3 Å². The lowest BCUT2D eigenvalue weighted by Crippen LogP contribution is -2.29. The maximum atomic E-state index is 13.5. The first-order valence-electron chi connectivity index (χ1n) is 12.9. The largest absolute Gasteiger partial charge is 0.508 e. The number of aliphatic hydroxyl groups is 1. The molecule has 2 fully saturated rings. The van der Waals surface area contributed by atoms with Crippen molar-refractivity contribution >= 4 is 34.5 Å². The van der Waals surface area contributed by atoms with Gasteiger partial charge in [0.05, 0.1) is 23.8 Å². The van der Waals surface area contributed by atoms with Gasteiger partial charge < -0.3 is 24.7 Å². The van der Waals surface area contributed by atoms with Crippen LogP contribution in [0, 0.1) is 0 Å². The van der Waals surface area contributed by atoms with E-state index in [0.717, 1.165) is 37.3 Å². The van der Waals surface area contributed by atoms with Crippen molar-refractivity contribution in [2.24, 2.45) is 0 Å². The summed E-state index contributed by atoms with van der Waals surface area (Å²) < 4.78 is 5.72. The molecule has 0 saturated carbocycles. The topological polar surface area (TPSA) is 93.5 Å². The van der Waals surface area contributed by atoms with Crippen molar-refractivity contribution in [3.05, 3.63) is 83.4 Å². The minimum Gasteiger partial charge on any atom is -0.508 e. The standard InChI is InChI=1S/C30H29N3O5/c1-31-16-17-38-25-13-6-20(18-24(25)31)28(35)26-27(19-4-11-23(34)12-5-19)33(30(37)29(26)36)22-9-7-21(8-10-22)32-14-2-3-15-32/h4-13,18,27,34-35H,2-3,14-17H2,1H3/b28-26-. The van der Waals surface area contributed by atoms with Crippen LogP contribution in [0.2, 0.25) is 0 Å². The molecule has 3 aliphatic rings. The molecule has 194 valence electrons. The molecule has 8 heteroatoms. The summed E-state index contributed by atoms with van der Waals surface area (Å²) in [6.07, 6.45) is 2.31. The molecule has 3 aromatic rings. The number of benzene rings is 3. The Bertz CT molecular complexity index is 1430. The Morgan fingerprint density at radius 1 is 0.895 bits per heavy atom. The summed E-state index contributed by atoms with van der Waals surface area (Å²) >= 11 is 0. The fraction of sp³-hybridized carbons (Fsp3) is 0.267. The zero-order chi connectivity index (χ0) is 26.4. The Kier molecular flexibility index (Phi) is 5.94. The number of phenols is 1. The molecule has 0 bridgehead atoms. The summed E-state index contributed by atoms with van der Waals surface area (Å²) in [4.78, 5) is 32.7. The maximum Gasteiger partial charge on any atom is 0.300 e. The van der Waals surface area contributed by atoms with Crippen molar-refractivity contribution in [3.8, 4) is 11.5 Å². The van der Waals surface area contributed by atoms with E-state index in [1.54, 1.807) is 30.3 Å². The van der Waals surface area contributed by atoms with Crippen LogP contribution < -0.4 is 19.4 Å². The van der Waals surface area contributed by atoms with Crippen molar-refractivity contribution in [3.63, 3.8) is 0 Å². The van der Waals surface area contributed by atoms with E-state index in [1.807, 2.05) is 36.2 Å². The number of Topliss-reactive ketones (excluding diaryl/α,β-unsaturated/α-hetero) is 1. The van der Waals surface area contributed by atoms with Crippen molar-refractivity contribution in [2.45, 2.75) is 18.9 Å². The third kappa shape index (κ3) is 4.02. The van der Waals surface area contributed by atoms with Gasteiger partial charge >= 0.3 is 0 Å². The highest BCUT2D eigenvalue weighted by molar-refractivity contribution is 6.51. The zero-order valence-electron chi connectivity index (χ0n) is 21.1. The van der Waals surface area contributed by atoms with Crippen LogP contribution in [0.4, 0.5) is 17.1 Å². The number of amides is 1. The van der Waals surface area contributed by atoms with E-state index in [-0.39, 0.29) is 17.1 Å². The summed E-state index contributed by atoms with van der Waals surface area (Å²) in [5, 5.41) is 21.4. The fourth-order valence-corrected chi connectivity index (χ4v) is 5.52. The van der Waals surface area contributed by atoms with Gasteiger partial charge in [0.2, 0.25) is 0 Å². The van der Waals surface area contributed by atoms with E-state index in [1.165, 1.54) is 17.0 Å². The number of fused-ring (bicyclic) bond motifs is 1. The molecule has 2 saturated heterocycles. The van der Waals surface area contributed by atoms with Crippen LogP contribution in [-0.2, 0) is 9.59 Å². The van der Waals surface area contributed by atoms with Crippen LogP contribution in [0.5, 0.6) is 11.5 Å². The van der Waals surface area contributed by atoms with Gasteiger partial charge in [-0.3, -0.25) is 14.5 Å². The number of aromatic hydroxyl groups is 1. The van der Waals surface area contributed by atoms with E-state index in [9.17, 15) is 19.8 Å². The average molecular weight is 512 g/mol. The fourth-order valence-electron chi connectivity index (χ4n) is 5.52. The number of ketones is 1. The highest BCUT2D eigenvalue weighted by Gasteiger charge is 2.47. The molecule has 6 rings (SSSR count). The predicted molar refractivity (Wildman–Crippen MR) is 146 cm³/mol. The van der Waals surface area contributed by atoms with E-state index in [2.05, 4.69) is 4.90 Å². The molecular formula is C30H29N3O5. The number of hydrogen-bond acceptors (Lipinski definition) is 7. The van der Waals surface area contributed by atoms with Gasteiger partial charge in [0.25, 0.3) is 11.7 Å². The zero-order valence-corrected chi connectivity index (χ0v) is 21.1. The number of carbonyl (C=O) groups is 2. The number of anilines is 3. The highest BCUT2D eigenvalue weighted by atomic mass is 16.5. The first-order chi connectivity index (χ1) is 18.4. The van der Waals surface area contributed by atoms with E-state index in [4.69, 9.17) is 4.74 Å². The Labute approximate surface area is 221 Å². The normalized spacial score (nSPS) is 20.6. The van der Waals surface area contributed by atoms with Gasteiger partial charge in [0.15, 0.2) is 0 Å². The van der Waals surface area contributed by atoms with Crippen LogP contribution in [-0.4, -0.2) is 55.2 Å². The first-order valence-corrected chi connectivity index (χ1v) is 12.9. The second kappa shape index (κ2) is 9.45. The highest BCUT2D eigenvalue weighted by Crippen LogP contribution is 2.44. The molecule has 0 aliphatic carbocycles. The molecule has 1 atom stereocenters. The lowest BCUT2D eigenvalue weighted by molar-refractivity contribution is -0.132. The van der Waals surface area contributed by atoms with Gasteiger partial charge in [-0.25, -0.2) is 0 Å². The Hall–Kier alpha value is -4.46. The third-order valence-electron chi connectivity index (χ3n) is 7.58. The molecular weight excluding hydrogens is 482 g/mol. The van der Waals surface area contributed by atoms with Crippen LogP contribution in [0.1, 0.15) is 30.0 Å². The first kappa shape index (κ1) is 23.9. The van der Waals surface area contributed by atoms with Crippen molar-refractivity contribution < 1.29 is 24.5 Å². The van der Waals surface area contributed by atoms with Gasteiger partial charge in [-0.15, -0.1) is 0 Å².